The lowest BCUT2D eigenvalue weighted by Crippen LogP contribution is -2.17. The first-order valence-corrected chi connectivity index (χ1v) is 3.87. The Balaban J connectivity index is 2.91. The van der Waals surface area contributed by atoms with Crippen molar-refractivity contribution in [1.82, 2.24) is 14.8 Å². The second kappa shape index (κ2) is 3.48. The molecule has 0 amide bonds. The van der Waals surface area contributed by atoms with Gasteiger partial charge in [0.1, 0.15) is 17.4 Å². The molecule has 1 rings (SSSR count). The minimum atomic E-state index is -0.987. The predicted octanol–water partition coefficient (Wildman–Crippen LogP) is -0.442. The molecule has 0 saturated carbocycles. The van der Waals surface area contributed by atoms with Gasteiger partial charge in [0.25, 0.3) is 0 Å². The van der Waals surface area contributed by atoms with Gasteiger partial charge in [0, 0.05) is 0 Å². The number of carboxylic acids is 1. The topological polar surface area (TPSA) is 94.0 Å². The normalized spacial score (nSPS) is 12.4. The summed E-state index contributed by atoms with van der Waals surface area (Å²) < 4.78 is 1.19. The predicted molar refractivity (Wildman–Crippen MR) is 48.3 cm³/mol. The molecule has 70 valence electrons. The maximum absolute atomic E-state index is 10.5. The van der Waals surface area contributed by atoms with Gasteiger partial charge in [0.2, 0.25) is 5.82 Å². The Morgan fingerprint density at radius 1 is 1.85 bits per heavy atom. The van der Waals surface area contributed by atoms with Crippen molar-refractivity contribution in [2.45, 2.75) is 13.0 Å². The highest BCUT2D eigenvalue weighted by Crippen LogP contribution is 2.02. The van der Waals surface area contributed by atoms with Gasteiger partial charge in [-0.1, -0.05) is 12.2 Å². The van der Waals surface area contributed by atoms with Gasteiger partial charge in [-0.2, -0.15) is 0 Å². The van der Waals surface area contributed by atoms with Crippen LogP contribution in [-0.4, -0.2) is 30.8 Å². The van der Waals surface area contributed by atoms with E-state index < -0.39 is 12.0 Å². The van der Waals surface area contributed by atoms with Crippen LogP contribution in [0, 0.1) is 0 Å². The van der Waals surface area contributed by atoms with E-state index in [1.165, 1.54) is 17.9 Å². The molecule has 1 atom stereocenters. The lowest BCUT2D eigenvalue weighted by atomic mass is 10.4. The van der Waals surface area contributed by atoms with Gasteiger partial charge in [-0.15, -0.1) is 5.10 Å². The fraction of sp³-hybridized carbons (Fsp3) is 0.333. The van der Waals surface area contributed by atoms with Crippen LogP contribution in [0.2, 0.25) is 0 Å². The summed E-state index contributed by atoms with van der Waals surface area (Å²) in [6.07, 6.45) is 1.28. The quantitative estimate of drug-likeness (QED) is 0.642. The van der Waals surface area contributed by atoms with Crippen molar-refractivity contribution in [1.29, 1.82) is 0 Å². The monoisotopic (exact) mass is 200 g/mol. The molecule has 0 radical (unpaired) electrons. The number of aliphatic carboxylic acids is 1. The van der Waals surface area contributed by atoms with Gasteiger partial charge >= 0.3 is 5.97 Å². The van der Waals surface area contributed by atoms with Crippen LogP contribution in [0.4, 0.5) is 0 Å². The van der Waals surface area contributed by atoms with Gasteiger partial charge in [-0.3, -0.25) is 0 Å². The smallest absolute Gasteiger partial charge is 0.328 e. The van der Waals surface area contributed by atoms with Crippen molar-refractivity contribution in [3.05, 3.63) is 12.2 Å². The van der Waals surface area contributed by atoms with E-state index in [1.807, 2.05) is 0 Å². The zero-order valence-corrected chi connectivity index (χ0v) is 7.65. The van der Waals surface area contributed by atoms with Gasteiger partial charge in [0.05, 0.1) is 0 Å². The Hall–Kier alpha value is -1.50. The number of carbonyl (C=O) groups is 1. The summed E-state index contributed by atoms with van der Waals surface area (Å²) in [6, 6.07) is -0.768. The minimum Gasteiger partial charge on any atom is -0.480 e. The second-order valence-corrected chi connectivity index (χ2v) is 2.87. The van der Waals surface area contributed by atoms with Crippen LogP contribution in [0.25, 0.3) is 0 Å². The van der Waals surface area contributed by atoms with Crippen LogP contribution in [0.15, 0.2) is 6.33 Å². The zero-order valence-electron chi connectivity index (χ0n) is 6.84. The van der Waals surface area contributed by atoms with E-state index in [-0.39, 0.29) is 10.8 Å². The van der Waals surface area contributed by atoms with Gasteiger partial charge < -0.3 is 10.8 Å². The van der Waals surface area contributed by atoms with E-state index in [0.717, 1.165) is 0 Å². The molecular formula is C6H8N4O2S. The van der Waals surface area contributed by atoms with Crippen molar-refractivity contribution in [3.8, 4) is 0 Å². The van der Waals surface area contributed by atoms with Crippen molar-refractivity contribution in [2.75, 3.05) is 0 Å². The Labute approximate surface area is 79.4 Å². The van der Waals surface area contributed by atoms with Crippen LogP contribution in [0.5, 0.6) is 0 Å². The molecule has 3 N–H and O–H groups in total. The molecule has 0 spiro atoms. The third-order valence-corrected chi connectivity index (χ3v) is 1.67. The fourth-order valence-corrected chi connectivity index (χ4v) is 0.781. The van der Waals surface area contributed by atoms with Crippen molar-refractivity contribution < 1.29 is 9.90 Å². The molecule has 13 heavy (non-hydrogen) atoms. The highest BCUT2D eigenvalue weighted by molar-refractivity contribution is 7.80. The van der Waals surface area contributed by atoms with Crippen molar-refractivity contribution in [2.24, 2.45) is 5.73 Å². The lowest BCUT2D eigenvalue weighted by molar-refractivity contribution is -0.140. The van der Waals surface area contributed by atoms with E-state index in [1.54, 1.807) is 0 Å². The van der Waals surface area contributed by atoms with Gasteiger partial charge in [0.15, 0.2) is 0 Å². The summed E-state index contributed by atoms with van der Waals surface area (Å²) >= 11 is 4.62. The summed E-state index contributed by atoms with van der Waals surface area (Å²) in [5.74, 6) is -0.803. The maximum Gasteiger partial charge on any atom is 0.328 e. The highest BCUT2D eigenvalue weighted by Gasteiger charge is 2.15. The zero-order chi connectivity index (χ0) is 10.0. The van der Waals surface area contributed by atoms with Crippen LogP contribution >= 0.6 is 12.2 Å². The highest BCUT2D eigenvalue weighted by atomic mass is 32.1. The summed E-state index contributed by atoms with van der Waals surface area (Å²) in [5, 5.41) is 12.4. The maximum atomic E-state index is 10.5. The Kier molecular flexibility index (Phi) is 2.57. The van der Waals surface area contributed by atoms with Gasteiger partial charge in [-0.25, -0.2) is 14.5 Å². The molecular weight excluding hydrogens is 192 g/mol. The summed E-state index contributed by atoms with van der Waals surface area (Å²) in [6.45, 7) is 1.49. The number of carboxylic acid groups (broad SMARTS) is 1. The number of thiocarbonyl (C=S) groups is 1. The third-order valence-electron chi connectivity index (χ3n) is 1.48. The standard InChI is InChI=1S/C6H8N4O2S/c1-3(6(11)12)10-2-8-5(9-10)4(7)13/h2-3H,1H3,(H2,7,13)(H,11,12). The molecule has 1 heterocycles. The first-order valence-electron chi connectivity index (χ1n) is 3.46. The van der Waals surface area contributed by atoms with E-state index >= 15 is 0 Å². The molecule has 1 aromatic heterocycles. The molecule has 7 heteroatoms. The molecule has 0 aliphatic rings. The molecule has 6 nitrogen and oxygen atoms in total. The number of hydrogen-bond acceptors (Lipinski definition) is 4. The molecule has 0 bridgehead atoms. The second-order valence-electron chi connectivity index (χ2n) is 2.43. The largest absolute Gasteiger partial charge is 0.480 e. The van der Waals surface area contributed by atoms with E-state index in [2.05, 4.69) is 22.3 Å². The number of nitrogens with two attached hydrogens (primary N) is 1. The van der Waals surface area contributed by atoms with Crippen LogP contribution in [-0.2, 0) is 4.79 Å². The molecule has 1 unspecified atom stereocenters. The Morgan fingerprint density at radius 3 is 2.85 bits per heavy atom. The molecule has 0 aliphatic heterocycles. The fourth-order valence-electron chi connectivity index (χ4n) is 0.688. The minimum absolute atomic E-state index is 0.0522. The number of aromatic nitrogens is 3. The van der Waals surface area contributed by atoms with E-state index in [9.17, 15) is 4.79 Å². The molecule has 0 aromatic carbocycles. The number of rotatable bonds is 3. The van der Waals surface area contributed by atoms with E-state index in [4.69, 9.17) is 10.8 Å². The number of nitrogens with zero attached hydrogens (tertiary/aromatic N) is 3. The van der Waals surface area contributed by atoms with Crippen LogP contribution in [0.1, 0.15) is 18.8 Å². The first kappa shape index (κ1) is 9.59. The Bertz CT molecular complexity index is 348. The van der Waals surface area contributed by atoms with E-state index in [0.29, 0.717) is 0 Å². The SMILES string of the molecule is CC(C(=O)O)n1cnc(C(N)=S)n1. The molecule has 0 fully saturated rings. The Morgan fingerprint density at radius 2 is 2.46 bits per heavy atom. The van der Waals surface area contributed by atoms with Gasteiger partial charge in [-0.05, 0) is 6.92 Å². The average molecular weight is 200 g/mol. The van der Waals surface area contributed by atoms with Crippen LogP contribution in [0.3, 0.4) is 0 Å². The first-order chi connectivity index (χ1) is 6.02. The average Bonchev–Trinajstić information content (AvgIpc) is 2.50. The lowest BCUT2D eigenvalue weighted by Gasteiger charge is -2.03. The molecule has 0 aliphatic carbocycles. The summed E-state index contributed by atoms with van der Waals surface area (Å²) in [7, 11) is 0. The number of hydrogen-bond donors (Lipinski definition) is 2. The van der Waals surface area contributed by atoms with Crippen LogP contribution < -0.4 is 5.73 Å². The third kappa shape index (κ3) is 2.00. The summed E-state index contributed by atoms with van der Waals surface area (Å²) in [5.41, 5.74) is 5.25. The molecule has 1 aromatic rings. The summed E-state index contributed by atoms with van der Waals surface area (Å²) in [4.78, 5) is 14.3. The molecule has 0 saturated heterocycles. The van der Waals surface area contributed by atoms with Crippen molar-refractivity contribution >= 4 is 23.2 Å². The van der Waals surface area contributed by atoms with Crippen molar-refractivity contribution in [3.63, 3.8) is 0 Å².